The van der Waals surface area contributed by atoms with Crippen molar-refractivity contribution >= 4 is 37.8 Å². The fraction of sp³-hybridized carbons (Fsp3) is 0.440. The van der Waals surface area contributed by atoms with E-state index in [1.54, 1.807) is 36.4 Å². The van der Waals surface area contributed by atoms with Gasteiger partial charge in [-0.2, -0.15) is 4.31 Å². The normalized spacial score (nSPS) is 22.1. The summed E-state index contributed by atoms with van der Waals surface area (Å²) in [5.41, 5.74) is 0.609. The van der Waals surface area contributed by atoms with Crippen LogP contribution in [-0.2, 0) is 14.8 Å². The van der Waals surface area contributed by atoms with Crippen LogP contribution in [0.2, 0.25) is 0 Å². The number of halogens is 1. The van der Waals surface area contributed by atoms with E-state index >= 15 is 0 Å². The second-order valence-electron chi connectivity index (χ2n) is 8.98. The van der Waals surface area contributed by atoms with Crippen molar-refractivity contribution in [1.82, 2.24) is 14.9 Å². The van der Waals surface area contributed by atoms with Crippen molar-refractivity contribution in [2.24, 2.45) is 5.92 Å². The number of hydrogen-bond acceptors (Lipinski definition) is 4. The minimum absolute atomic E-state index is 0.0495. The molecule has 2 atom stereocenters. The maximum absolute atomic E-state index is 13.0. The lowest BCUT2D eigenvalue weighted by Gasteiger charge is -2.35. The van der Waals surface area contributed by atoms with Gasteiger partial charge in [0.1, 0.15) is 0 Å². The van der Waals surface area contributed by atoms with Gasteiger partial charge in [0.25, 0.3) is 5.91 Å². The Morgan fingerprint density at radius 3 is 2.03 bits per heavy atom. The molecule has 1 heterocycles. The minimum atomic E-state index is -3.57. The van der Waals surface area contributed by atoms with E-state index in [1.807, 2.05) is 18.2 Å². The van der Waals surface area contributed by atoms with Crippen LogP contribution in [0.4, 0.5) is 0 Å². The summed E-state index contributed by atoms with van der Waals surface area (Å²) in [5, 5.41) is 6.26. The zero-order valence-corrected chi connectivity index (χ0v) is 21.4. The van der Waals surface area contributed by atoms with Crippen molar-refractivity contribution in [1.29, 1.82) is 0 Å². The quantitative estimate of drug-likeness (QED) is 0.576. The van der Waals surface area contributed by atoms with Crippen LogP contribution < -0.4 is 10.6 Å². The molecular formula is C25H30BrN3O4S. The third kappa shape index (κ3) is 5.87. The number of benzene rings is 2. The van der Waals surface area contributed by atoms with Gasteiger partial charge in [0, 0.05) is 41.1 Å². The summed E-state index contributed by atoms with van der Waals surface area (Å²) in [6, 6.07) is 15.5. The molecule has 2 aliphatic rings. The molecule has 1 unspecified atom stereocenters. The standard InChI is InChI=1S/C25H30BrN3O4S/c26-20-10-12-21(13-11-20)34(32,33)29-16-14-19(15-17-29)25(31)28-23-9-5-4-8-22(23)27-24(30)18-6-2-1-3-7-18/h1-3,6-7,10-13,19,22-23H,4-5,8-9,14-17H2,(H,27,30)(H,28,31)/t22-,23?/m1/s1. The second-order valence-corrected chi connectivity index (χ2v) is 11.8. The van der Waals surface area contributed by atoms with E-state index in [0.29, 0.717) is 31.5 Å². The maximum atomic E-state index is 13.0. The van der Waals surface area contributed by atoms with Crippen LogP contribution in [0.5, 0.6) is 0 Å². The maximum Gasteiger partial charge on any atom is 0.251 e. The topological polar surface area (TPSA) is 95.6 Å². The second kappa shape index (κ2) is 11.0. The van der Waals surface area contributed by atoms with Crippen LogP contribution in [0, 0.1) is 5.92 Å². The fourth-order valence-electron chi connectivity index (χ4n) is 4.73. The van der Waals surface area contributed by atoms with Crippen molar-refractivity contribution < 1.29 is 18.0 Å². The molecule has 7 nitrogen and oxygen atoms in total. The predicted octanol–water partition coefficient (Wildman–Crippen LogP) is 3.71. The molecular weight excluding hydrogens is 518 g/mol. The lowest BCUT2D eigenvalue weighted by molar-refractivity contribution is -0.127. The average molecular weight is 549 g/mol. The zero-order chi connectivity index (χ0) is 24.1. The summed E-state index contributed by atoms with van der Waals surface area (Å²) >= 11 is 3.33. The molecule has 182 valence electrons. The van der Waals surface area contributed by atoms with Gasteiger partial charge in [-0.3, -0.25) is 9.59 Å². The Morgan fingerprint density at radius 2 is 1.41 bits per heavy atom. The first-order valence-electron chi connectivity index (χ1n) is 11.8. The van der Waals surface area contributed by atoms with Crippen molar-refractivity contribution in [3.05, 3.63) is 64.6 Å². The largest absolute Gasteiger partial charge is 0.351 e. The molecule has 2 aromatic carbocycles. The van der Waals surface area contributed by atoms with Gasteiger partial charge in [-0.15, -0.1) is 0 Å². The Morgan fingerprint density at radius 1 is 0.824 bits per heavy atom. The Bertz CT molecular complexity index is 1100. The smallest absolute Gasteiger partial charge is 0.251 e. The molecule has 0 radical (unpaired) electrons. The first-order chi connectivity index (χ1) is 16.3. The van der Waals surface area contributed by atoms with Crippen LogP contribution in [0.1, 0.15) is 48.9 Å². The van der Waals surface area contributed by atoms with Crippen molar-refractivity contribution in [3.8, 4) is 0 Å². The third-order valence-corrected chi connectivity index (χ3v) is 9.16. The summed E-state index contributed by atoms with van der Waals surface area (Å²) in [7, 11) is -3.57. The van der Waals surface area contributed by atoms with Gasteiger partial charge in [-0.05, 0) is 62.1 Å². The van der Waals surface area contributed by atoms with Crippen LogP contribution in [0.15, 0.2) is 64.0 Å². The number of sulfonamides is 1. The molecule has 34 heavy (non-hydrogen) atoms. The number of amides is 2. The van der Waals surface area contributed by atoms with Crippen molar-refractivity contribution in [2.75, 3.05) is 13.1 Å². The summed E-state index contributed by atoms with van der Waals surface area (Å²) < 4.78 is 28.1. The van der Waals surface area contributed by atoms with E-state index in [4.69, 9.17) is 0 Å². The number of rotatable bonds is 6. The summed E-state index contributed by atoms with van der Waals surface area (Å²) in [5.74, 6) is -0.409. The molecule has 9 heteroatoms. The molecule has 1 saturated heterocycles. The minimum Gasteiger partial charge on any atom is -0.351 e. The average Bonchev–Trinajstić information content (AvgIpc) is 2.86. The predicted molar refractivity (Wildman–Crippen MR) is 134 cm³/mol. The highest BCUT2D eigenvalue weighted by Crippen LogP contribution is 2.26. The van der Waals surface area contributed by atoms with E-state index in [1.165, 1.54) is 4.31 Å². The zero-order valence-electron chi connectivity index (χ0n) is 19.0. The van der Waals surface area contributed by atoms with Gasteiger partial charge in [-0.25, -0.2) is 8.42 Å². The van der Waals surface area contributed by atoms with Crippen LogP contribution in [0.3, 0.4) is 0 Å². The molecule has 4 rings (SSSR count). The monoisotopic (exact) mass is 547 g/mol. The Hall–Kier alpha value is -2.23. The Kier molecular flexibility index (Phi) is 8.06. The molecule has 2 amide bonds. The molecule has 0 bridgehead atoms. The van der Waals surface area contributed by atoms with Crippen LogP contribution in [0.25, 0.3) is 0 Å². The van der Waals surface area contributed by atoms with Gasteiger partial charge >= 0.3 is 0 Å². The number of carbonyl (C=O) groups excluding carboxylic acids is 2. The highest BCUT2D eigenvalue weighted by atomic mass is 79.9. The number of nitrogens with zero attached hydrogens (tertiary/aromatic N) is 1. The molecule has 0 aromatic heterocycles. The van der Waals surface area contributed by atoms with Gasteiger partial charge in [0.15, 0.2) is 0 Å². The van der Waals surface area contributed by atoms with E-state index < -0.39 is 10.0 Å². The van der Waals surface area contributed by atoms with Gasteiger partial charge in [-0.1, -0.05) is 47.0 Å². The molecule has 2 fully saturated rings. The molecule has 1 saturated carbocycles. The number of carbonyl (C=O) groups is 2. The van der Waals surface area contributed by atoms with Gasteiger partial charge in [0.05, 0.1) is 4.90 Å². The molecule has 2 N–H and O–H groups in total. The lowest BCUT2D eigenvalue weighted by Crippen LogP contribution is -2.55. The highest BCUT2D eigenvalue weighted by molar-refractivity contribution is 9.10. The third-order valence-electron chi connectivity index (χ3n) is 6.72. The Labute approximate surface area is 209 Å². The summed E-state index contributed by atoms with van der Waals surface area (Å²) in [6.45, 7) is 0.630. The van der Waals surface area contributed by atoms with E-state index in [-0.39, 0.29) is 34.7 Å². The summed E-state index contributed by atoms with van der Waals surface area (Å²) in [4.78, 5) is 25.9. The molecule has 0 spiro atoms. The van der Waals surface area contributed by atoms with Crippen molar-refractivity contribution in [3.63, 3.8) is 0 Å². The number of hydrogen-bond donors (Lipinski definition) is 2. The van der Waals surface area contributed by atoms with E-state index in [9.17, 15) is 18.0 Å². The highest BCUT2D eigenvalue weighted by Gasteiger charge is 2.34. The van der Waals surface area contributed by atoms with Crippen LogP contribution in [-0.4, -0.2) is 49.7 Å². The molecule has 1 aliphatic carbocycles. The number of piperidine rings is 1. The number of nitrogens with one attached hydrogen (secondary N) is 2. The molecule has 2 aromatic rings. The van der Waals surface area contributed by atoms with Crippen molar-refractivity contribution in [2.45, 2.75) is 55.5 Å². The Balaban J connectivity index is 1.32. The van der Waals surface area contributed by atoms with E-state index in [2.05, 4.69) is 26.6 Å². The van der Waals surface area contributed by atoms with Gasteiger partial charge in [0.2, 0.25) is 15.9 Å². The molecule has 1 aliphatic heterocycles. The first kappa shape index (κ1) is 24.9. The fourth-order valence-corrected chi connectivity index (χ4v) is 6.47. The SMILES string of the molecule is O=C(N[C@@H]1CCCCC1NC(=O)C1CCN(S(=O)(=O)c2ccc(Br)cc2)CC1)c1ccccc1. The lowest BCUT2D eigenvalue weighted by atomic mass is 9.88. The van der Waals surface area contributed by atoms with E-state index in [0.717, 1.165) is 30.2 Å². The van der Waals surface area contributed by atoms with Gasteiger partial charge < -0.3 is 10.6 Å². The first-order valence-corrected chi connectivity index (χ1v) is 14.0. The van der Waals surface area contributed by atoms with Crippen LogP contribution >= 0.6 is 15.9 Å². The summed E-state index contributed by atoms with van der Waals surface area (Å²) in [6.07, 6.45) is 4.63.